The van der Waals surface area contributed by atoms with Crippen LogP contribution in [0.4, 0.5) is 18.9 Å². The number of aromatic carboxylic acids is 1. The fourth-order valence-electron chi connectivity index (χ4n) is 2.47. The number of piperazine rings is 1. The summed E-state index contributed by atoms with van der Waals surface area (Å²) in [5.41, 5.74) is -1.38. The van der Waals surface area contributed by atoms with Gasteiger partial charge in [0, 0.05) is 31.9 Å². The van der Waals surface area contributed by atoms with E-state index in [2.05, 4.69) is 4.90 Å². The van der Waals surface area contributed by atoms with E-state index in [4.69, 9.17) is 5.11 Å². The molecule has 1 aromatic rings. The maximum atomic E-state index is 13.0. The summed E-state index contributed by atoms with van der Waals surface area (Å²) in [6.45, 7) is 5.81. The third kappa shape index (κ3) is 3.47. The SMILES string of the molecule is CCN1CCN(c2ccc(C(=O)O)c(C(F)(F)F)c2)CC1. The summed E-state index contributed by atoms with van der Waals surface area (Å²) in [5.74, 6) is -1.57. The van der Waals surface area contributed by atoms with Crippen LogP contribution in [-0.4, -0.2) is 48.7 Å². The molecule has 1 fully saturated rings. The lowest BCUT2D eigenvalue weighted by Crippen LogP contribution is -2.46. The smallest absolute Gasteiger partial charge is 0.417 e. The Morgan fingerprint density at radius 2 is 1.86 bits per heavy atom. The maximum Gasteiger partial charge on any atom is 0.417 e. The number of carboxylic acids is 1. The average Bonchev–Trinajstić information content (AvgIpc) is 2.45. The van der Waals surface area contributed by atoms with E-state index in [9.17, 15) is 18.0 Å². The van der Waals surface area contributed by atoms with Crippen LogP contribution in [0.2, 0.25) is 0 Å². The fourth-order valence-corrected chi connectivity index (χ4v) is 2.47. The van der Waals surface area contributed by atoms with Gasteiger partial charge in [-0.05, 0) is 24.7 Å². The highest BCUT2D eigenvalue weighted by molar-refractivity contribution is 5.90. The van der Waals surface area contributed by atoms with Crippen LogP contribution in [0, 0.1) is 0 Å². The summed E-state index contributed by atoms with van der Waals surface area (Å²) in [6.07, 6.45) is -4.67. The van der Waals surface area contributed by atoms with Crippen molar-refractivity contribution in [1.29, 1.82) is 0 Å². The first-order valence-electron chi connectivity index (χ1n) is 6.74. The normalized spacial score (nSPS) is 17.0. The first-order chi connectivity index (χ1) is 9.82. The van der Waals surface area contributed by atoms with Crippen molar-refractivity contribution in [1.82, 2.24) is 4.90 Å². The number of halogens is 3. The third-order valence-electron chi connectivity index (χ3n) is 3.72. The Kier molecular flexibility index (Phi) is 4.41. The summed E-state index contributed by atoms with van der Waals surface area (Å²) in [7, 11) is 0. The highest BCUT2D eigenvalue weighted by Gasteiger charge is 2.36. The van der Waals surface area contributed by atoms with E-state index in [1.165, 1.54) is 6.07 Å². The van der Waals surface area contributed by atoms with Gasteiger partial charge >= 0.3 is 12.1 Å². The predicted molar refractivity (Wildman–Crippen MR) is 72.7 cm³/mol. The lowest BCUT2D eigenvalue weighted by molar-refractivity contribution is -0.138. The van der Waals surface area contributed by atoms with Crippen LogP contribution in [0.25, 0.3) is 0 Å². The van der Waals surface area contributed by atoms with Crippen LogP contribution in [0.5, 0.6) is 0 Å². The molecule has 1 N–H and O–H groups in total. The van der Waals surface area contributed by atoms with Gasteiger partial charge in [-0.15, -0.1) is 0 Å². The van der Waals surface area contributed by atoms with E-state index >= 15 is 0 Å². The largest absolute Gasteiger partial charge is 0.478 e. The van der Waals surface area contributed by atoms with Gasteiger partial charge in [0.05, 0.1) is 11.1 Å². The number of rotatable bonds is 3. The van der Waals surface area contributed by atoms with E-state index < -0.39 is 23.3 Å². The van der Waals surface area contributed by atoms with Gasteiger partial charge in [-0.1, -0.05) is 6.92 Å². The van der Waals surface area contributed by atoms with E-state index in [-0.39, 0.29) is 0 Å². The van der Waals surface area contributed by atoms with Gasteiger partial charge in [0.25, 0.3) is 0 Å². The molecule has 0 saturated carbocycles. The summed E-state index contributed by atoms with van der Waals surface area (Å²) >= 11 is 0. The van der Waals surface area contributed by atoms with Crippen molar-refractivity contribution >= 4 is 11.7 Å². The molecule has 4 nitrogen and oxygen atoms in total. The molecule has 21 heavy (non-hydrogen) atoms. The highest BCUT2D eigenvalue weighted by Crippen LogP contribution is 2.35. The van der Waals surface area contributed by atoms with Crippen LogP contribution in [-0.2, 0) is 6.18 Å². The molecule has 0 aromatic heterocycles. The van der Waals surface area contributed by atoms with Crippen molar-refractivity contribution < 1.29 is 23.1 Å². The van der Waals surface area contributed by atoms with Crippen molar-refractivity contribution in [3.63, 3.8) is 0 Å². The molecule has 1 heterocycles. The van der Waals surface area contributed by atoms with Gasteiger partial charge in [-0.2, -0.15) is 13.2 Å². The van der Waals surface area contributed by atoms with Gasteiger partial charge in [0.1, 0.15) is 0 Å². The van der Waals surface area contributed by atoms with Crippen LogP contribution in [0.15, 0.2) is 18.2 Å². The predicted octanol–water partition coefficient (Wildman–Crippen LogP) is 2.55. The highest BCUT2D eigenvalue weighted by atomic mass is 19.4. The summed E-state index contributed by atoms with van der Waals surface area (Å²) in [5, 5.41) is 8.88. The Hall–Kier alpha value is -1.76. The molecule has 1 aliphatic rings. The minimum absolute atomic E-state index is 0.420. The second-order valence-corrected chi connectivity index (χ2v) is 4.95. The molecule has 2 rings (SSSR count). The maximum absolute atomic E-state index is 13.0. The zero-order valence-electron chi connectivity index (χ0n) is 11.7. The van der Waals surface area contributed by atoms with E-state index in [1.54, 1.807) is 0 Å². The zero-order valence-corrected chi connectivity index (χ0v) is 11.7. The van der Waals surface area contributed by atoms with Gasteiger partial charge in [-0.3, -0.25) is 0 Å². The Bertz CT molecular complexity index is 523. The molecule has 0 unspecified atom stereocenters. The number of carbonyl (C=O) groups is 1. The molecular weight excluding hydrogens is 285 g/mol. The van der Waals surface area contributed by atoms with Gasteiger partial charge < -0.3 is 14.9 Å². The fraction of sp³-hybridized carbons (Fsp3) is 0.500. The Balaban J connectivity index is 2.28. The number of nitrogens with zero attached hydrogens (tertiary/aromatic N) is 2. The molecule has 1 aromatic carbocycles. The molecule has 7 heteroatoms. The minimum Gasteiger partial charge on any atom is -0.478 e. The number of carboxylic acid groups (broad SMARTS) is 1. The second kappa shape index (κ2) is 5.93. The first-order valence-corrected chi connectivity index (χ1v) is 6.74. The van der Waals surface area contributed by atoms with Crippen LogP contribution in [0.3, 0.4) is 0 Å². The average molecular weight is 302 g/mol. The van der Waals surface area contributed by atoms with Crippen molar-refractivity contribution in [2.75, 3.05) is 37.6 Å². The monoisotopic (exact) mass is 302 g/mol. The summed E-state index contributed by atoms with van der Waals surface area (Å²) < 4.78 is 38.9. The summed E-state index contributed by atoms with van der Waals surface area (Å²) in [4.78, 5) is 15.0. The van der Waals surface area contributed by atoms with Gasteiger partial charge in [-0.25, -0.2) is 4.79 Å². The molecule has 0 aliphatic carbocycles. The quantitative estimate of drug-likeness (QED) is 0.932. The number of likely N-dealkylation sites (N-methyl/N-ethyl adjacent to an activating group) is 1. The summed E-state index contributed by atoms with van der Waals surface area (Å²) in [6, 6.07) is 3.41. The van der Waals surface area contributed by atoms with Crippen molar-refractivity contribution in [2.24, 2.45) is 0 Å². The molecule has 1 saturated heterocycles. The van der Waals surface area contributed by atoms with Crippen molar-refractivity contribution in [2.45, 2.75) is 13.1 Å². The lowest BCUT2D eigenvalue weighted by atomic mass is 10.1. The van der Waals surface area contributed by atoms with Crippen molar-refractivity contribution in [3.8, 4) is 0 Å². The van der Waals surface area contributed by atoms with Gasteiger partial charge in [0.2, 0.25) is 0 Å². The van der Waals surface area contributed by atoms with Crippen LogP contribution in [0.1, 0.15) is 22.8 Å². The van der Waals surface area contributed by atoms with E-state index in [0.29, 0.717) is 18.8 Å². The van der Waals surface area contributed by atoms with Crippen LogP contribution < -0.4 is 4.90 Å². The molecule has 0 bridgehead atoms. The number of anilines is 1. The van der Waals surface area contributed by atoms with Gasteiger partial charge in [0.15, 0.2) is 0 Å². The lowest BCUT2D eigenvalue weighted by Gasteiger charge is -2.35. The minimum atomic E-state index is -4.67. The standard InChI is InChI=1S/C14H17F3N2O2/c1-2-18-5-7-19(8-6-18)10-3-4-11(13(20)21)12(9-10)14(15,16)17/h3-4,9H,2,5-8H2,1H3,(H,20,21). The number of hydrogen-bond acceptors (Lipinski definition) is 3. The Labute approximate surface area is 120 Å². The molecule has 0 amide bonds. The topological polar surface area (TPSA) is 43.8 Å². The molecular formula is C14H17F3N2O2. The van der Waals surface area contributed by atoms with Crippen molar-refractivity contribution in [3.05, 3.63) is 29.3 Å². The Morgan fingerprint density at radius 3 is 2.33 bits per heavy atom. The number of alkyl halides is 3. The Morgan fingerprint density at radius 1 is 1.24 bits per heavy atom. The molecule has 116 valence electrons. The number of benzene rings is 1. The van der Waals surface area contributed by atoms with E-state index in [1.807, 2.05) is 11.8 Å². The molecule has 1 aliphatic heterocycles. The molecule has 0 spiro atoms. The third-order valence-corrected chi connectivity index (χ3v) is 3.72. The molecule has 0 atom stereocenters. The van der Waals surface area contributed by atoms with E-state index in [0.717, 1.165) is 31.8 Å². The first kappa shape index (κ1) is 15.6. The van der Waals surface area contributed by atoms with Crippen LogP contribution >= 0.6 is 0 Å². The number of hydrogen-bond donors (Lipinski definition) is 1. The second-order valence-electron chi connectivity index (χ2n) is 4.95. The zero-order chi connectivity index (χ0) is 15.6. The molecule has 0 radical (unpaired) electrons.